The number of carbonyl (C=O) groups is 2. The van der Waals surface area contributed by atoms with Gasteiger partial charge in [0, 0.05) is 18.7 Å². The third-order valence-electron chi connectivity index (χ3n) is 4.49. The molecule has 0 spiro atoms. The van der Waals surface area contributed by atoms with E-state index in [9.17, 15) is 9.59 Å². The van der Waals surface area contributed by atoms with Gasteiger partial charge in [0.05, 0.1) is 36.0 Å². The highest BCUT2D eigenvalue weighted by molar-refractivity contribution is 8.18. The molecule has 0 N–H and O–H groups in total. The van der Waals surface area contributed by atoms with Crippen LogP contribution >= 0.6 is 11.8 Å². The van der Waals surface area contributed by atoms with Crippen LogP contribution in [0, 0.1) is 0 Å². The molecule has 0 aliphatic carbocycles. The van der Waals surface area contributed by atoms with E-state index in [2.05, 4.69) is 4.99 Å². The summed E-state index contributed by atoms with van der Waals surface area (Å²) in [5.41, 5.74) is 1.89. The molecular weight excluding hydrogens is 428 g/mol. The van der Waals surface area contributed by atoms with Gasteiger partial charge < -0.3 is 14.2 Å². The second-order valence-corrected chi connectivity index (χ2v) is 7.71. The van der Waals surface area contributed by atoms with Gasteiger partial charge in [-0.25, -0.2) is 9.79 Å². The van der Waals surface area contributed by atoms with Crippen molar-refractivity contribution in [3.63, 3.8) is 0 Å². The smallest absolute Gasteiger partial charge is 0.338 e. The Bertz CT molecular complexity index is 1050. The molecule has 0 saturated carbocycles. The number of carbonyl (C=O) groups excluding carboxylic acids is 2. The average Bonchev–Trinajstić information content (AvgIpc) is 3.04. The van der Waals surface area contributed by atoms with Crippen molar-refractivity contribution in [1.82, 2.24) is 4.90 Å². The van der Waals surface area contributed by atoms with Crippen molar-refractivity contribution in [2.24, 2.45) is 4.99 Å². The molecule has 32 heavy (non-hydrogen) atoms. The van der Waals surface area contributed by atoms with E-state index < -0.39 is 0 Å². The van der Waals surface area contributed by atoms with E-state index in [0.717, 1.165) is 5.56 Å². The molecule has 1 fully saturated rings. The van der Waals surface area contributed by atoms with Crippen LogP contribution in [-0.4, -0.2) is 48.8 Å². The molecule has 168 valence electrons. The number of nitrogens with zero attached hydrogens (tertiary/aromatic N) is 2. The molecule has 1 heterocycles. The molecule has 0 atom stereocenters. The number of amidine groups is 1. The zero-order valence-electron chi connectivity index (χ0n) is 18.6. The van der Waals surface area contributed by atoms with E-state index in [0.29, 0.717) is 52.6 Å². The summed E-state index contributed by atoms with van der Waals surface area (Å²) < 4.78 is 16.3. The number of benzene rings is 2. The monoisotopic (exact) mass is 454 g/mol. The van der Waals surface area contributed by atoms with Gasteiger partial charge in [-0.15, -0.1) is 0 Å². The number of hydrogen-bond donors (Lipinski definition) is 0. The molecule has 0 unspecified atom stereocenters. The Morgan fingerprint density at radius 3 is 2.41 bits per heavy atom. The van der Waals surface area contributed by atoms with Crippen molar-refractivity contribution in [2.45, 2.75) is 20.8 Å². The summed E-state index contributed by atoms with van der Waals surface area (Å²) in [5, 5.41) is 0.550. The van der Waals surface area contributed by atoms with Crippen LogP contribution < -0.4 is 9.47 Å². The molecule has 1 aliphatic rings. The predicted octanol–water partition coefficient (Wildman–Crippen LogP) is 4.89. The lowest BCUT2D eigenvalue weighted by Gasteiger charge is -2.10. The molecule has 0 radical (unpaired) electrons. The maximum absolute atomic E-state index is 12.8. The summed E-state index contributed by atoms with van der Waals surface area (Å²) in [4.78, 5) is 31.2. The summed E-state index contributed by atoms with van der Waals surface area (Å²) >= 11 is 1.29. The largest absolute Gasteiger partial charge is 0.494 e. The topological polar surface area (TPSA) is 77.4 Å². The Hall–Kier alpha value is -3.26. The minimum absolute atomic E-state index is 0.145. The molecule has 2 aromatic rings. The Morgan fingerprint density at radius 2 is 1.75 bits per heavy atom. The molecule has 8 heteroatoms. The molecule has 0 bridgehead atoms. The first kappa shape index (κ1) is 23.4. The minimum atomic E-state index is -0.375. The molecule has 3 rings (SSSR count). The highest BCUT2D eigenvalue weighted by atomic mass is 32.2. The van der Waals surface area contributed by atoms with Crippen molar-refractivity contribution in [3.05, 3.63) is 58.5 Å². The SMILES string of the molecule is CCOC(=O)c1ccc(N=C2SC(=Cc3ccc(OCC)cc3OCC)C(=O)N2C)cc1. The number of thioether (sulfide) groups is 1. The zero-order chi connectivity index (χ0) is 23.1. The number of esters is 1. The molecule has 1 aliphatic heterocycles. The number of hydrogen-bond acceptors (Lipinski definition) is 7. The van der Waals surface area contributed by atoms with Gasteiger partial charge in [-0.05, 0) is 75.0 Å². The molecule has 2 aromatic carbocycles. The summed E-state index contributed by atoms with van der Waals surface area (Å²) in [6.07, 6.45) is 1.80. The Kier molecular flexibility index (Phi) is 7.94. The third-order valence-corrected chi connectivity index (χ3v) is 5.55. The van der Waals surface area contributed by atoms with Crippen LogP contribution in [0.3, 0.4) is 0 Å². The summed E-state index contributed by atoms with van der Waals surface area (Å²) in [5.74, 6) is 0.851. The lowest BCUT2D eigenvalue weighted by Crippen LogP contribution is -2.23. The molecule has 0 aromatic heterocycles. The number of rotatable bonds is 8. The van der Waals surface area contributed by atoms with E-state index in [1.54, 1.807) is 44.3 Å². The van der Waals surface area contributed by atoms with Gasteiger partial charge in [-0.1, -0.05) is 0 Å². The van der Waals surface area contributed by atoms with Crippen LogP contribution in [0.5, 0.6) is 11.5 Å². The summed E-state index contributed by atoms with van der Waals surface area (Å²) in [6.45, 7) is 6.97. The fraction of sp³-hybridized carbons (Fsp3) is 0.292. The summed E-state index contributed by atoms with van der Waals surface area (Å²) in [7, 11) is 1.68. The predicted molar refractivity (Wildman–Crippen MR) is 127 cm³/mol. The summed E-state index contributed by atoms with van der Waals surface area (Å²) in [6, 6.07) is 12.3. The fourth-order valence-electron chi connectivity index (χ4n) is 2.96. The third kappa shape index (κ3) is 5.50. The number of amides is 1. The molecule has 1 saturated heterocycles. The van der Waals surface area contributed by atoms with Gasteiger partial charge in [0.25, 0.3) is 5.91 Å². The van der Waals surface area contributed by atoms with Crippen molar-refractivity contribution in [1.29, 1.82) is 0 Å². The van der Waals surface area contributed by atoms with Gasteiger partial charge in [0.15, 0.2) is 5.17 Å². The normalized spacial score (nSPS) is 16.0. The second kappa shape index (κ2) is 10.9. The molecule has 1 amide bonds. The molecule has 7 nitrogen and oxygen atoms in total. The lowest BCUT2D eigenvalue weighted by molar-refractivity contribution is -0.121. The van der Waals surface area contributed by atoms with E-state index in [1.807, 2.05) is 32.0 Å². The Balaban J connectivity index is 1.84. The second-order valence-electron chi connectivity index (χ2n) is 6.70. The van der Waals surface area contributed by atoms with Crippen molar-refractivity contribution >= 4 is 40.6 Å². The van der Waals surface area contributed by atoms with Gasteiger partial charge >= 0.3 is 5.97 Å². The van der Waals surface area contributed by atoms with Gasteiger partial charge in [0.1, 0.15) is 11.5 Å². The highest BCUT2D eigenvalue weighted by Gasteiger charge is 2.30. The fourth-order valence-corrected chi connectivity index (χ4v) is 3.94. The van der Waals surface area contributed by atoms with E-state index >= 15 is 0 Å². The van der Waals surface area contributed by atoms with Crippen LogP contribution in [0.4, 0.5) is 5.69 Å². The first-order chi connectivity index (χ1) is 15.5. The standard InChI is InChI=1S/C24H26N2O5S/c1-5-29-19-13-10-17(20(15-19)30-6-2)14-21-22(27)26(4)24(32-21)25-18-11-8-16(9-12-18)23(28)31-7-3/h8-15H,5-7H2,1-4H3. The Morgan fingerprint density at radius 1 is 1.03 bits per heavy atom. The lowest BCUT2D eigenvalue weighted by atomic mass is 10.1. The van der Waals surface area contributed by atoms with Crippen molar-refractivity contribution in [2.75, 3.05) is 26.9 Å². The Labute approximate surface area is 192 Å². The van der Waals surface area contributed by atoms with Gasteiger partial charge in [0.2, 0.25) is 0 Å². The average molecular weight is 455 g/mol. The zero-order valence-corrected chi connectivity index (χ0v) is 19.4. The number of aliphatic imine (C=N–C) groups is 1. The van der Waals surface area contributed by atoms with Crippen LogP contribution in [0.1, 0.15) is 36.7 Å². The maximum atomic E-state index is 12.8. The van der Waals surface area contributed by atoms with E-state index in [1.165, 1.54) is 16.7 Å². The van der Waals surface area contributed by atoms with Crippen LogP contribution in [0.25, 0.3) is 6.08 Å². The van der Waals surface area contributed by atoms with Crippen molar-refractivity contribution in [3.8, 4) is 11.5 Å². The van der Waals surface area contributed by atoms with Crippen LogP contribution in [0.15, 0.2) is 52.4 Å². The van der Waals surface area contributed by atoms with E-state index in [-0.39, 0.29) is 11.9 Å². The molecular formula is C24H26N2O5S. The van der Waals surface area contributed by atoms with Crippen LogP contribution in [-0.2, 0) is 9.53 Å². The van der Waals surface area contributed by atoms with Crippen LogP contribution in [0.2, 0.25) is 0 Å². The van der Waals surface area contributed by atoms with Gasteiger partial charge in [-0.2, -0.15) is 0 Å². The minimum Gasteiger partial charge on any atom is -0.494 e. The first-order valence-corrected chi connectivity index (χ1v) is 11.2. The van der Waals surface area contributed by atoms with E-state index in [4.69, 9.17) is 14.2 Å². The highest BCUT2D eigenvalue weighted by Crippen LogP contribution is 2.35. The number of ether oxygens (including phenoxy) is 3. The first-order valence-electron chi connectivity index (χ1n) is 10.4. The van der Waals surface area contributed by atoms with Crippen molar-refractivity contribution < 1.29 is 23.8 Å². The van der Waals surface area contributed by atoms with Gasteiger partial charge in [-0.3, -0.25) is 9.69 Å². The maximum Gasteiger partial charge on any atom is 0.338 e. The quantitative estimate of drug-likeness (QED) is 0.417. The number of likely N-dealkylation sites (N-methyl/N-ethyl adjacent to an activating group) is 1.